The minimum Gasteiger partial charge on any atom is -0.493 e. The van der Waals surface area contributed by atoms with Gasteiger partial charge in [-0.2, -0.15) is 0 Å². The zero-order chi connectivity index (χ0) is 22.2. The van der Waals surface area contributed by atoms with Gasteiger partial charge in [0.25, 0.3) is 15.9 Å². The van der Waals surface area contributed by atoms with E-state index >= 15 is 0 Å². The van der Waals surface area contributed by atoms with Crippen LogP contribution in [0.4, 0.5) is 11.4 Å². The lowest BCUT2D eigenvalue weighted by atomic mass is 10.0. The summed E-state index contributed by atoms with van der Waals surface area (Å²) in [5, 5.41) is 2.58. The smallest absolute Gasteiger partial charge is 0.269 e. The molecule has 0 atom stereocenters. The SMILES string of the molecule is COc1cc2c(cc1OC)N(C)S(=O)(=O)C(C(=O)Nc1cccc(C(C)=O)c1)=C2C. The first-order chi connectivity index (χ1) is 14.1. The molecule has 1 aliphatic heterocycles. The van der Waals surface area contributed by atoms with Crippen LogP contribution in [0.2, 0.25) is 0 Å². The Morgan fingerprint density at radius 3 is 2.27 bits per heavy atom. The molecule has 0 aromatic heterocycles. The van der Waals surface area contributed by atoms with Gasteiger partial charge in [-0.25, -0.2) is 8.42 Å². The summed E-state index contributed by atoms with van der Waals surface area (Å²) >= 11 is 0. The first kappa shape index (κ1) is 21.4. The number of sulfonamides is 1. The molecule has 0 unspecified atom stereocenters. The second-order valence-electron chi connectivity index (χ2n) is 6.74. The van der Waals surface area contributed by atoms with Gasteiger partial charge in [0.05, 0.1) is 19.9 Å². The van der Waals surface area contributed by atoms with Crippen LogP contribution in [0.25, 0.3) is 5.57 Å². The standard InChI is InChI=1S/C21H22N2O6S/c1-12-16-10-18(28-4)19(29-5)11-17(16)23(3)30(26,27)20(12)21(25)22-15-8-6-7-14(9-15)13(2)24/h6-11H,1-5H3,(H,22,25). The van der Waals surface area contributed by atoms with Crippen molar-refractivity contribution in [2.75, 3.05) is 30.9 Å². The van der Waals surface area contributed by atoms with Gasteiger partial charge < -0.3 is 14.8 Å². The normalized spacial score (nSPS) is 14.8. The lowest BCUT2D eigenvalue weighted by molar-refractivity contribution is -0.112. The van der Waals surface area contributed by atoms with Crippen molar-refractivity contribution in [1.29, 1.82) is 0 Å². The molecule has 1 amide bonds. The van der Waals surface area contributed by atoms with Crippen LogP contribution < -0.4 is 19.1 Å². The number of ether oxygens (including phenoxy) is 2. The predicted octanol–water partition coefficient (Wildman–Crippen LogP) is 3.06. The molecule has 158 valence electrons. The van der Waals surface area contributed by atoms with Crippen LogP contribution in [0.5, 0.6) is 11.5 Å². The van der Waals surface area contributed by atoms with Gasteiger partial charge in [-0.3, -0.25) is 13.9 Å². The molecular weight excluding hydrogens is 408 g/mol. The number of fused-ring (bicyclic) bond motifs is 1. The van der Waals surface area contributed by atoms with Crippen molar-refractivity contribution in [2.24, 2.45) is 0 Å². The fourth-order valence-corrected chi connectivity index (χ4v) is 4.77. The van der Waals surface area contributed by atoms with Crippen LogP contribution in [0.3, 0.4) is 0 Å². The largest absolute Gasteiger partial charge is 0.493 e. The molecule has 0 aliphatic carbocycles. The minimum atomic E-state index is -4.12. The highest BCUT2D eigenvalue weighted by atomic mass is 32.2. The van der Waals surface area contributed by atoms with Crippen molar-refractivity contribution in [3.8, 4) is 11.5 Å². The molecule has 0 saturated heterocycles. The Balaban J connectivity index is 2.12. The maximum absolute atomic E-state index is 13.1. The first-order valence-electron chi connectivity index (χ1n) is 9.00. The van der Waals surface area contributed by atoms with Gasteiger partial charge in [-0.1, -0.05) is 12.1 Å². The van der Waals surface area contributed by atoms with E-state index in [1.54, 1.807) is 37.3 Å². The zero-order valence-corrected chi connectivity index (χ0v) is 18.1. The van der Waals surface area contributed by atoms with Crippen LogP contribution in [-0.4, -0.2) is 41.4 Å². The third kappa shape index (κ3) is 3.52. The summed E-state index contributed by atoms with van der Waals surface area (Å²) in [5.74, 6) is -0.167. The third-order valence-corrected chi connectivity index (χ3v) is 6.86. The molecule has 0 spiro atoms. The van der Waals surface area contributed by atoms with Gasteiger partial charge >= 0.3 is 0 Å². The Hall–Kier alpha value is -3.33. The number of hydrogen-bond acceptors (Lipinski definition) is 6. The van der Waals surface area contributed by atoms with Crippen molar-refractivity contribution in [3.05, 3.63) is 52.4 Å². The van der Waals surface area contributed by atoms with Crippen LogP contribution in [0.1, 0.15) is 29.8 Å². The highest BCUT2D eigenvalue weighted by Gasteiger charge is 2.38. The predicted molar refractivity (Wildman–Crippen MR) is 115 cm³/mol. The van der Waals surface area contributed by atoms with Gasteiger partial charge in [0, 0.05) is 29.9 Å². The maximum atomic E-state index is 13.1. The molecule has 1 heterocycles. The number of allylic oxidation sites excluding steroid dienone is 1. The van der Waals surface area contributed by atoms with Crippen molar-refractivity contribution in [3.63, 3.8) is 0 Å². The lowest BCUT2D eigenvalue weighted by Gasteiger charge is -2.30. The van der Waals surface area contributed by atoms with Gasteiger partial charge in [0.2, 0.25) is 0 Å². The minimum absolute atomic E-state index is 0.165. The van der Waals surface area contributed by atoms with E-state index in [0.29, 0.717) is 34.0 Å². The van der Waals surface area contributed by atoms with E-state index in [1.165, 1.54) is 34.3 Å². The molecule has 30 heavy (non-hydrogen) atoms. The van der Waals surface area contributed by atoms with Gasteiger partial charge in [-0.05, 0) is 37.6 Å². The summed E-state index contributed by atoms with van der Waals surface area (Å²) in [7, 11) is 0.185. The Kier molecular flexibility index (Phi) is 5.58. The fourth-order valence-electron chi connectivity index (χ4n) is 3.30. The first-order valence-corrected chi connectivity index (χ1v) is 10.4. The van der Waals surface area contributed by atoms with Crippen molar-refractivity contribution in [2.45, 2.75) is 13.8 Å². The summed E-state index contributed by atoms with van der Waals surface area (Å²) in [6.45, 7) is 2.98. The second kappa shape index (κ2) is 7.83. The summed E-state index contributed by atoms with van der Waals surface area (Å²) in [4.78, 5) is 24.2. The van der Waals surface area contributed by atoms with Crippen LogP contribution in [0, 0.1) is 0 Å². The number of hydrogen-bond donors (Lipinski definition) is 1. The number of ketones is 1. The Bertz CT molecular complexity index is 1180. The van der Waals surface area contributed by atoms with Gasteiger partial charge in [0.1, 0.15) is 0 Å². The van der Waals surface area contributed by atoms with E-state index < -0.39 is 15.9 Å². The molecule has 2 aromatic carbocycles. The van der Waals surface area contributed by atoms with Crippen LogP contribution >= 0.6 is 0 Å². The molecular formula is C21H22N2O6S. The quantitative estimate of drug-likeness (QED) is 0.732. The average molecular weight is 430 g/mol. The van der Waals surface area contributed by atoms with Crippen molar-refractivity contribution in [1.82, 2.24) is 0 Å². The number of amides is 1. The summed E-state index contributed by atoms with van der Waals surface area (Å²) in [5.41, 5.74) is 1.92. The van der Waals surface area contributed by atoms with E-state index in [0.717, 1.165) is 4.31 Å². The van der Waals surface area contributed by atoms with Crippen LogP contribution in [-0.2, 0) is 14.8 Å². The molecule has 2 aromatic rings. The number of nitrogens with one attached hydrogen (secondary N) is 1. The number of carbonyl (C=O) groups is 2. The number of rotatable bonds is 5. The topological polar surface area (TPSA) is 102 Å². The molecule has 8 nitrogen and oxygen atoms in total. The van der Waals surface area contributed by atoms with Crippen molar-refractivity contribution >= 4 is 38.7 Å². The molecule has 0 bridgehead atoms. The zero-order valence-electron chi connectivity index (χ0n) is 17.3. The molecule has 9 heteroatoms. The third-order valence-electron chi connectivity index (χ3n) is 4.94. The van der Waals surface area contributed by atoms with E-state index in [1.807, 2.05) is 0 Å². The number of Topliss-reactive ketones (excluding diaryl/α,β-unsaturated/α-hetero) is 1. The van der Waals surface area contributed by atoms with Gasteiger partial charge in [-0.15, -0.1) is 0 Å². The lowest BCUT2D eigenvalue weighted by Crippen LogP contribution is -2.36. The summed E-state index contributed by atoms with van der Waals surface area (Å²) in [6, 6.07) is 9.50. The molecule has 0 saturated carbocycles. The molecule has 0 fully saturated rings. The average Bonchev–Trinajstić information content (AvgIpc) is 2.71. The van der Waals surface area contributed by atoms with Crippen LogP contribution in [0.15, 0.2) is 41.3 Å². The van der Waals surface area contributed by atoms with E-state index in [2.05, 4.69) is 5.32 Å². The van der Waals surface area contributed by atoms with E-state index in [4.69, 9.17) is 9.47 Å². The molecule has 3 rings (SSSR count). The Labute approximate surface area is 175 Å². The van der Waals surface area contributed by atoms with E-state index in [-0.39, 0.29) is 16.3 Å². The van der Waals surface area contributed by atoms with E-state index in [9.17, 15) is 18.0 Å². The highest BCUT2D eigenvalue weighted by Crippen LogP contribution is 2.44. The van der Waals surface area contributed by atoms with Crippen molar-refractivity contribution < 1.29 is 27.5 Å². The summed E-state index contributed by atoms with van der Waals surface area (Å²) in [6.07, 6.45) is 0. The molecule has 0 radical (unpaired) electrons. The fraction of sp³-hybridized carbons (Fsp3) is 0.238. The highest BCUT2D eigenvalue weighted by molar-refractivity contribution is 7.97. The Morgan fingerprint density at radius 1 is 1.03 bits per heavy atom. The number of anilines is 2. The maximum Gasteiger partial charge on any atom is 0.269 e. The molecule has 1 N–H and O–H groups in total. The number of nitrogens with zero attached hydrogens (tertiary/aromatic N) is 1. The molecule has 1 aliphatic rings. The number of carbonyl (C=O) groups excluding carboxylic acids is 2. The monoisotopic (exact) mass is 430 g/mol. The van der Waals surface area contributed by atoms with Gasteiger partial charge in [0.15, 0.2) is 22.2 Å². The second-order valence-corrected chi connectivity index (χ2v) is 8.65. The number of methoxy groups -OCH3 is 2. The number of benzene rings is 2. The Morgan fingerprint density at radius 2 is 1.67 bits per heavy atom. The summed E-state index contributed by atoms with van der Waals surface area (Å²) < 4.78 is 37.9.